The number of hydrogen-bond acceptors (Lipinski definition) is 17. The van der Waals surface area contributed by atoms with Crippen LogP contribution in [0.1, 0.15) is 112 Å². The minimum Gasteiger partial charge on any atom is -0.481 e. The zero-order valence-electron chi connectivity index (χ0n) is 48.9. The summed E-state index contributed by atoms with van der Waals surface area (Å²) in [4.78, 5) is 162. The van der Waals surface area contributed by atoms with Gasteiger partial charge >= 0.3 is 11.9 Å². The maximum Gasteiger partial charge on any atom is 0.322 e. The van der Waals surface area contributed by atoms with Crippen molar-refractivity contribution in [3.05, 3.63) is 0 Å². The molecule has 0 saturated carbocycles. The number of hydrogen-bond donors (Lipinski definition) is 21. The number of amides is 9. The number of aliphatic imine (C=N–C) groups is 4. The van der Waals surface area contributed by atoms with Crippen LogP contribution < -0.4 is 99.5 Å². The third kappa shape index (κ3) is 35.0. The van der Waals surface area contributed by atoms with Crippen LogP contribution in [0.15, 0.2) is 20.0 Å². The highest BCUT2D eigenvalue weighted by atomic mass is 16.4. The minimum atomic E-state index is -1.86. The Hall–Kier alpha value is -8.83. The van der Waals surface area contributed by atoms with E-state index in [9.17, 15) is 63.0 Å². The molecule has 0 aromatic carbocycles. The molecule has 0 aromatic heterocycles. The Morgan fingerprint density at radius 1 is 0.376 bits per heavy atom. The Morgan fingerprint density at radius 2 is 0.671 bits per heavy atom. The molecule has 36 heteroatoms. The molecule has 482 valence electrons. The first-order chi connectivity index (χ1) is 39.8. The number of aliphatic carboxylic acids is 2. The van der Waals surface area contributed by atoms with Crippen LogP contribution in [0, 0.1) is 11.8 Å². The van der Waals surface area contributed by atoms with Crippen LogP contribution in [0.5, 0.6) is 0 Å². The van der Waals surface area contributed by atoms with Crippen LogP contribution in [0.2, 0.25) is 0 Å². The predicted octanol–water partition coefficient (Wildman–Crippen LogP) is -8.42. The molecular formula is C49H92N22O14. The lowest BCUT2D eigenvalue weighted by molar-refractivity contribution is -0.139. The van der Waals surface area contributed by atoms with Crippen molar-refractivity contribution in [1.82, 2.24) is 47.9 Å². The number of rotatable bonds is 43. The van der Waals surface area contributed by atoms with Gasteiger partial charge in [-0.25, -0.2) is 0 Å². The molecule has 0 fully saturated rings. The topological polar surface area (TPSA) is 640 Å². The summed E-state index contributed by atoms with van der Waals surface area (Å²) >= 11 is 0. The van der Waals surface area contributed by atoms with Gasteiger partial charge in [-0.05, 0) is 89.4 Å². The molecule has 9 amide bonds. The Kier molecular flexibility index (Phi) is 36.9. The Balaban J connectivity index is 6.92. The van der Waals surface area contributed by atoms with Gasteiger partial charge in [0.25, 0.3) is 0 Å². The van der Waals surface area contributed by atoms with E-state index in [4.69, 9.17) is 56.7 Å². The maximum atomic E-state index is 14.4. The number of carboxylic acids is 2. The van der Waals surface area contributed by atoms with Gasteiger partial charge in [-0.3, -0.25) is 72.7 Å². The molecule has 0 unspecified atom stereocenters. The first-order valence-electron chi connectivity index (χ1n) is 27.5. The van der Waals surface area contributed by atoms with E-state index in [1.54, 1.807) is 27.7 Å². The molecule has 30 N–H and O–H groups in total. The average Bonchev–Trinajstić information content (AvgIpc) is 3.57. The molecule has 0 heterocycles. The molecule has 0 aliphatic rings. The predicted molar refractivity (Wildman–Crippen MR) is 312 cm³/mol. The largest absolute Gasteiger partial charge is 0.481 e. The Morgan fingerprint density at radius 3 is 1.00 bits per heavy atom. The van der Waals surface area contributed by atoms with Crippen LogP contribution >= 0.6 is 0 Å². The number of carbonyl (C=O) groups is 11. The number of nitrogens with one attached hydrogen (secondary N) is 9. The van der Waals surface area contributed by atoms with Crippen molar-refractivity contribution in [3.8, 4) is 0 Å². The standard InChI is InChI=1S/C49H92N22O14/c1-24(2)20-32(70-44(84)33(21-25(3)4)69-41(81)29(12-8-18-61-48(55)56)65-38(78)27(50)10-6-16-59-46(51)52)43(83)66-30(13-9-19-62-49(57)58)40(80)68-31(14-15-35(73)74)42(82)71-34(23-72)45(85)67-28(11-7-17-60-47(53)54)39(79)64-26(5)37(77)63-22-36(75)76/h24-34,72H,6-23,50H2,1-5H3,(H,63,77)(H,64,79)(H,65,78)(H,66,83)(H,67,85)(H,68,80)(H,69,81)(H,70,84)(H,71,82)(H,73,74)(H,75,76)(H4,51,52,59)(H4,53,54,60)(H4,55,56,61)(H4,57,58,62)/t26-,27-,28-,29-,30-,31-,32-,33-,34-/m0/s1. The Bertz CT molecular complexity index is 2340. The molecule has 0 aromatic rings. The minimum absolute atomic E-state index is 0.0000134. The number of nitrogens with two attached hydrogens (primary N) is 9. The summed E-state index contributed by atoms with van der Waals surface area (Å²) in [5, 5.41) is 50.8. The van der Waals surface area contributed by atoms with Crippen LogP contribution in [-0.4, -0.2) is 198 Å². The van der Waals surface area contributed by atoms with E-state index in [-0.39, 0.29) is 120 Å². The number of nitrogens with zero attached hydrogens (tertiary/aromatic N) is 4. The molecule has 36 nitrogen and oxygen atoms in total. The van der Waals surface area contributed by atoms with Crippen LogP contribution in [0.3, 0.4) is 0 Å². The molecule has 85 heavy (non-hydrogen) atoms. The van der Waals surface area contributed by atoms with Gasteiger partial charge in [-0.15, -0.1) is 0 Å². The summed E-state index contributed by atoms with van der Waals surface area (Å²) in [5.74, 6) is -12.7. The van der Waals surface area contributed by atoms with Gasteiger partial charge in [0.05, 0.1) is 12.6 Å². The summed E-state index contributed by atoms with van der Waals surface area (Å²) in [6.07, 6.45) is -0.952. The zero-order chi connectivity index (χ0) is 64.9. The second kappa shape index (κ2) is 41.2. The van der Waals surface area contributed by atoms with Crippen molar-refractivity contribution in [3.63, 3.8) is 0 Å². The molecule has 0 radical (unpaired) electrons. The van der Waals surface area contributed by atoms with E-state index in [1.165, 1.54) is 6.92 Å². The fraction of sp³-hybridized carbons (Fsp3) is 0.694. The van der Waals surface area contributed by atoms with Gasteiger partial charge in [-0.1, -0.05) is 27.7 Å². The summed E-state index contributed by atoms with van der Waals surface area (Å²) in [5.41, 5.74) is 49.6. The molecule has 0 bridgehead atoms. The summed E-state index contributed by atoms with van der Waals surface area (Å²) in [6, 6.07) is -13.0. The lowest BCUT2D eigenvalue weighted by Crippen LogP contribution is -2.61. The van der Waals surface area contributed by atoms with Crippen LogP contribution in [-0.2, 0) is 52.7 Å². The molecule has 0 rings (SSSR count). The number of aliphatic hydroxyl groups excluding tert-OH is 1. The molecule has 0 aliphatic carbocycles. The molecule has 9 atom stereocenters. The zero-order valence-corrected chi connectivity index (χ0v) is 48.9. The highest BCUT2D eigenvalue weighted by Gasteiger charge is 2.35. The summed E-state index contributed by atoms with van der Waals surface area (Å²) < 4.78 is 0. The second-order valence-corrected chi connectivity index (χ2v) is 20.5. The number of guanidine groups is 4. The van der Waals surface area contributed by atoms with Gasteiger partial charge in [0.15, 0.2) is 23.8 Å². The Labute approximate surface area is 492 Å². The highest BCUT2D eigenvalue weighted by molar-refractivity contribution is 5.98. The highest BCUT2D eigenvalue weighted by Crippen LogP contribution is 2.13. The quantitative estimate of drug-likeness (QED) is 0.0153. The maximum absolute atomic E-state index is 14.4. The molecule has 0 saturated heterocycles. The van der Waals surface area contributed by atoms with Crippen molar-refractivity contribution >= 4 is 88.9 Å². The lowest BCUT2D eigenvalue weighted by atomic mass is 9.99. The van der Waals surface area contributed by atoms with E-state index in [1.807, 2.05) is 0 Å². The lowest BCUT2D eigenvalue weighted by Gasteiger charge is -2.29. The summed E-state index contributed by atoms with van der Waals surface area (Å²) in [7, 11) is 0. The SMILES string of the molecule is CC(C)C[C@H](NC(=O)[C@H](CC(C)C)NC(=O)[C@H](CCCN=C(N)N)NC(=O)[C@@H](N)CCCN=C(N)N)C(=O)N[C@@H](CCCN=C(N)N)C(=O)N[C@@H](CCC(=O)O)C(=O)N[C@@H](CO)C(=O)N[C@@H](CCCN=C(N)N)C(=O)N[C@@H](C)C(=O)NCC(=O)O. The fourth-order valence-corrected chi connectivity index (χ4v) is 7.71. The normalized spacial score (nSPS) is 14.0. The van der Waals surface area contributed by atoms with Crippen molar-refractivity contribution in [2.45, 2.75) is 166 Å². The fourth-order valence-electron chi connectivity index (χ4n) is 7.71. The van der Waals surface area contributed by atoms with E-state index >= 15 is 0 Å². The molecule has 0 spiro atoms. The van der Waals surface area contributed by atoms with E-state index in [0.29, 0.717) is 6.42 Å². The van der Waals surface area contributed by atoms with Crippen LogP contribution in [0.25, 0.3) is 0 Å². The van der Waals surface area contributed by atoms with Crippen molar-refractivity contribution in [1.29, 1.82) is 0 Å². The monoisotopic (exact) mass is 1210 g/mol. The third-order valence-electron chi connectivity index (χ3n) is 12.0. The first kappa shape index (κ1) is 76.2. The first-order valence-corrected chi connectivity index (χ1v) is 27.5. The van der Waals surface area contributed by atoms with Crippen molar-refractivity contribution in [2.24, 2.45) is 83.4 Å². The van der Waals surface area contributed by atoms with E-state index < -0.39 is 145 Å². The van der Waals surface area contributed by atoms with Crippen LogP contribution in [0.4, 0.5) is 0 Å². The molecule has 0 aliphatic heterocycles. The van der Waals surface area contributed by atoms with Crippen molar-refractivity contribution in [2.75, 3.05) is 39.3 Å². The van der Waals surface area contributed by atoms with E-state index in [2.05, 4.69) is 67.8 Å². The third-order valence-corrected chi connectivity index (χ3v) is 12.0. The smallest absolute Gasteiger partial charge is 0.322 e. The van der Waals surface area contributed by atoms with Gasteiger partial charge < -0.3 is 115 Å². The average molecular weight is 1210 g/mol. The van der Waals surface area contributed by atoms with Crippen molar-refractivity contribution < 1.29 is 68.1 Å². The molecular weight excluding hydrogens is 1120 g/mol. The van der Waals surface area contributed by atoms with E-state index in [0.717, 1.165) is 0 Å². The number of aliphatic hydroxyl groups is 1. The van der Waals surface area contributed by atoms with Gasteiger partial charge in [0, 0.05) is 32.6 Å². The van der Waals surface area contributed by atoms with Gasteiger partial charge in [0.2, 0.25) is 53.2 Å². The second-order valence-electron chi connectivity index (χ2n) is 20.5. The van der Waals surface area contributed by atoms with Gasteiger partial charge in [-0.2, -0.15) is 0 Å². The number of carboxylic acid groups (broad SMARTS) is 2. The number of carbonyl (C=O) groups excluding carboxylic acids is 9. The van der Waals surface area contributed by atoms with Gasteiger partial charge in [0.1, 0.15) is 54.9 Å². The summed E-state index contributed by atoms with van der Waals surface area (Å²) in [6.45, 7) is 6.57.